The molecule has 1 aliphatic heterocycles. The van der Waals surface area contributed by atoms with Gasteiger partial charge in [0.1, 0.15) is 13.2 Å². The first-order valence-corrected chi connectivity index (χ1v) is 13.5. The number of nitrogens with one attached hydrogen (secondary N) is 1. The molecule has 0 saturated carbocycles. The van der Waals surface area contributed by atoms with Gasteiger partial charge in [0, 0.05) is 10.2 Å². The van der Waals surface area contributed by atoms with Gasteiger partial charge in [0.05, 0.1) is 16.5 Å². The fourth-order valence-electron chi connectivity index (χ4n) is 3.48. The number of hydrogen-bond donors (Lipinski definition) is 1. The zero-order valence-electron chi connectivity index (χ0n) is 19.9. The van der Waals surface area contributed by atoms with Crippen LogP contribution in [0, 0.1) is 6.92 Å². The number of nitrogens with zero attached hydrogens (tertiary/aromatic N) is 1. The molecule has 1 aliphatic rings. The first-order chi connectivity index (χ1) is 17.8. The average Bonchev–Trinajstić information content (AvgIpc) is 3.15. The lowest BCUT2D eigenvalue weighted by atomic mass is 10.1. The fraction of sp³-hybridized carbons (Fsp3) is 0.148. The zero-order chi connectivity index (χ0) is 26.5. The lowest BCUT2D eigenvalue weighted by molar-refractivity contribution is -0.127. The Bertz CT molecular complexity index is 1380. The van der Waals surface area contributed by atoms with Gasteiger partial charge in [-0.15, -0.1) is 0 Å². The summed E-state index contributed by atoms with van der Waals surface area (Å²) >= 11 is 7.88. The van der Waals surface area contributed by atoms with Crippen LogP contribution < -0.4 is 14.8 Å². The summed E-state index contributed by atoms with van der Waals surface area (Å²) in [5, 5.41) is 2.19. The van der Waals surface area contributed by atoms with E-state index in [2.05, 4.69) is 37.2 Å². The Morgan fingerprint density at radius 2 is 1.76 bits per heavy atom. The lowest BCUT2D eigenvalue weighted by Crippen LogP contribution is -2.36. The van der Waals surface area contributed by atoms with Gasteiger partial charge in [-0.25, -0.2) is 0 Å². The van der Waals surface area contributed by atoms with Gasteiger partial charge in [0.2, 0.25) is 5.91 Å². The second-order valence-corrected chi connectivity index (χ2v) is 10.7. The minimum atomic E-state index is -0.541. The topological polar surface area (TPSA) is 84.9 Å². The van der Waals surface area contributed by atoms with Crippen LogP contribution in [0.5, 0.6) is 11.5 Å². The number of aryl methyl sites for hydroxylation is 1. The number of imide groups is 1. The van der Waals surface area contributed by atoms with Gasteiger partial charge in [0.15, 0.2) is 11.5 Å². The van der Waals surface area contributed by atoms with E-state index >= 15 is 0 Å². The van der Waals surface area contributed by atoms with E-state index in [1.54, 1.807) is 24.3 Å². The van der Waals surface area contributed by atoms with Crippen LogP contribution in [-0.4, -0.2) is 35.6 Å². The summed E-state index contributed by atoms with van der Waals surface area (Å²) in [6.07, 6.45) is 1.58. The van der Waals surface area contributed by atoms with Gasteiger partial charge >= 0.3 is 0 Å². The molecule has 0 unspecified atom stereocenters. The lowest BCUT2D eigenvalue weighted by Gasteiger charge is -2.16. The highest BCUT2D eigenvalue weighted by molar-refractivity contribution is 9.13. The number of halogens is 2. The third-order valence-electron chi connectivity index (χ3n) is 5.40. The van der Waals surface area contributed by atoms with Crippen molar-refractivity contribution >= 4 is 72.4 Å². The predicted octanol–water partition coefficient (Wildman–Crippen LogP) is 6.78. The molecule has 190 valence electrons. The summed E-state index contributed by atoms with van der Waals surface area (Å²) in [6, 6.07) is 18.7. The van der Waals surface area contributed by atoms with Crippen molar-refractivity contribution in [1.29, 1.82) is 0 Å². The average molecular weight is 646 g/mol. The van der Waals surface area contributed by atoms with E-state index in [1.165, 1.54) is 7.11 Å². The highest BCUT2D eigenvalue weighted by Crippen LogP contribution is 2.44. The van der Waals surface area contributed by atoms with Gasteiger partial charge in [-0.3, -0.25) is 19.3 Å². The minimum Gasteiger partial charge on any atom is -0.493 e. The number of thioether (sulfide) groups is 1. The number of ether oxygens (including phenoxy) is 2. The van der Waals surface area contributed by atoms with E-state index < -0.39 is 17.1 Å². The summed E-state index contributed by atoms with van der Waals surface area (Å²) in [4.78, 5) is 39.1. The summed E-state index contributed by atoms with van der Waals surface area (Å²) in [5.74, 6) is -0.0522. The highest BCUT2D eigenvalue weighted by atomic mass is 79.9. The van der Waals surface area contributed by atoms with Gasteiger partial charge < -0.3 is 14.8 Å². The van der Waals surface area contributed by atoms with Gasteiger partial charge in [-0.05, 0) is 85.9 Å². The summed E-state index contributed by atoms with van der Waals surface area (Å²) in [6.45, 7) is 1.90. The number of rotatable bonds is 8. The Morgan fingerprint density at radius 1 is 1.05 bits per heavy atom. The Hall–Kier alpha value is -3.08. The van der Waals surface area contributed by atoms with Crippen molar-refractivity contribution in [2.75, 3.05) is 19.0 Å². The Morgan fingerprint density at radius 3 is 2.43 bits per heavy atom. The van der Waals surface area contributed by atoms with E-state index in [0.29, 0.717) is 38.3 Å². The standard InChI is InChI=1S/C27H22Br2N2O5S/c1-16-8-10-19(11-9-16)30-22(32)14-31-26(33)21(37-27(31)34)13-18-12-20(35-2)25(24(29)23(18)28)36-15-17-6-4-3-5-7-17/h3-13H,14-15H2,1-2H3,(H,30,32)/b21-13-. The predicted molar refractivity (Wildman–Crippen MR) is 152 cm³/mol. The minimum absolute atomic E-state index is 0.195. The van der Waals surface area contributed by atoms with Crippen LogP contribution in [0.15, 0.2) is 74.5 Å². The SMILES string of the molecule is COc1cc(/C=C2\SC(=O)N(CC(=O)Nc3ccc(C)cc3)C2=O)c(Br)c(Br)c1OCc1ccccc1. The molecule has 0 aliphatic carbocycles. The van der Waals surface area contributed by atoms with Crippen molar-refractivity contribution in [3.63, 3.8) is 0 Å². The third-order valence-corrected chi connectivity index (χ3v) is 8.45. The molecule has 3 amide bonds. The molecule has 1 N–H and O–H groups in total. The molecule has 1 heterocycles. The maximum Gasteiger partial charge on any atom is 0.294 e. The first kappa shape index (κ1) is 27.0. The maximum atomic E-state index is 13.0. The maximum absolute atomic E-state index is 13.0. The number of amides is 3. The quantitative estimate of drug-likeness (QED) is 0.272. The van der Waals surface area contributed by atoms with Gasteiger partial charge in [-0.2, -0.15) is 0 Å². The summed E-state index contributed by atoms with van der Waals surface area (Å²) in [5.41, 5.74) is 3.25. The molecular formula is C27H22Br2N2O5S. The van der Waals surface area contributed by atoms with E-state index in [1.807, 2.05) is 49.4 Å². The molecule has 3 aromatic rings. The zero-order valence-corrected chi connectivity index (χ0v) is 23.9. The molecule has 7 nitrogen and oxygen atoms in total. The van der Waals surface area contributed by atoms with E-state index in [9.17, 15) is 14.4 Å². The molecule has 0 aromatic heterocycles. The van der Waals surface area contributed by atoms with Crippen LogP contribution in [0.4, 0.5) is 10.5 Å². The van der Waals surface area contributed by atoms with Crippen molar-refractivity contribution < 1.29 is 23.9 Å². The molecule has 3 aromatic carbocycles. The van der Waals surface area contributed by atoms with Crippen molar-refractivity contribution in [2.45, 2.75) is 13.5 Å². The van der Waals surface area contributed by atoms with E-state index in [4.69, 9.17) is 9.47 Å². The second kappa shape index (κ2) is 12.0. The van der Waals surface area contributed by atoms with E-state index in [-0.39, 0.29) is 11.4 Å². The number of benzene rings is 3. The Kier molecular flexibility index (Phi) is 8.73. The fourth-order valence-corrected chi connectivity index (χ4v) is 5.26. The molecule has 4 rings (SSSR count). The molecule has 37 heavy (non-hydrogen) atoms. The van der Waals surface area contributed by atoms with Gasteiger partial charge in [0.25, 0.3) is 11.1 Å². The normalized spacial score (nSPS) is 14.3. The van der Waals surface area contributed by atoms with Crippen LogP contribution in [0.25, 0.3) is 6.08 Å². The summed E-state index contributed by atoms with van der Waals surface area (Å²) in [7, 11) is 1.52. The van der Waals surface area contributed by atoms with Crippen LogP contribution in [0.1, 0.15) is 16.7 Å². The molecule has 1 fully saturated rings. The molecule has 1 saturated heterocycles. The van der Waals surface area contributed by atoms with Crippen LogP contribution in [0.2, 0.25) is 0 Å². The Labute approximate surface area is 235 Å². The Balaban J connectivity index is 1.51. The van der Waals surface area contributed by atoms with Crippen molar-refractivity contribution in [2.24, 2.45) is 0 Å². The molecule has 0 bridgehead atoms. The van der Waals surface area contributed by atoms with Crippen LogP contribution in [0.3, 0.4) is 0 Å². The number of carbonyl (C=O) groups excluding carboxylic acids is 3. The molecule has 10 heteroatoms. The number of hydrogen-bond acceptors (Lipinski definition) is 6. The van der Waals surface area contributed by atoms with Crippen LogP contribution >= 0.6 is 43.6 Å². The number of anilines is 1. The smallest absolute Gasteiger partial charge is 0.294 e. The largest absolute Gasteiger partial charge is 0.493 e. The monoisotopic (exact) mass is 644 g/mol. The number of methoxy groups -OCH3 is 1. The molecule has 0 spiro atoms. The highest BCUT2D eigenvalue weighted by Gasteiger charge is 2.36. The first-order valence-electron chi connectivity index (χ1n) is 11.1. The van der Waals surface area contributed by atoms with Crippen molar-refractivity contribution in [3.8, 4) is 11.5 Å². The van der Waals surface area contributed by atoms with Crippen molar-refractivity contribution in [1.82, 2.24) is 4.90 Å². The summed E-state index contributed by atoms with van der Waals surface area (Å²) < 4.78 is 12.8. The molecule has 0 radical (unpaired) electrons. The van der Waals surface area contributed by atoms with E-state index in [0.717, 1.165) is 27.8 Å². The third kappa shape index (κ3) is 6.44. The molecule has 0 atom stereocenters. The molecular weight excluding hydrogens is 624 g/mol. The van der Waals surface area contributed by atoms with Gasteiger partial charge in [-0.1, -0.05) is 48.0 Å². The van der Waals surface area contributed by atoms with Crippen molar-refractivity contribution in [3.05, 3.63) is 91.2 Å². The second-order valence-electron chi connectivity index (χ2n) is 8.08. The number of carbonyl (C=O) groups is 3. The van der Waals surface area contributed by atoms with Crippen LogP contribution in [-0.2, 0) is 16.2 Å².